The zero-order valence-electron chi connectivity index (χ0n) is 9.48. The van der Waals surface area contributed by atoms with E-state index in [9.17, 15) is 13.2 Å². The first-order chi connectivity index (χ1) is 8.99. The van der Waals surface area contributed by atoms with Crippen LogP contribution in [-0.2, 0) is 6.54 Å². The molecule has 100 valence electrons. The van der Waals surface area contributed by atoms with E-state index in [1.54, 1.807) is 0 Å². The number of hydrogen-bond donors (Lipinski definition) is 1. The van der Waals surface area contributed by atoms with Crippen LogP contribution in [0, 0.1) is 17.5 Å². The maximum absolute atomic E-state index is 13.4. The molecule has 6 heteroatoms. The van der Waals surface area contributed by atoms with Gasteiger partial charge in [0, 0.05) is 12.1 Å². The van der Waals surface area contributed by atoms with Crippen molar-refractivity contribution in [1.29, 1.82) is 0 Å². The summed E-state index contributed by atoms with van der Waals surface area (Å²) in [5.74, 6) is -2.45. The Kier molecular flexibility index (Phi) is 4.22. The number of benzene rings is 2. The predicted molar refractivity (Wildman–Crippen MR) is 70.1 cm³/mol. The molecule has 0 saturated carbocycles. The summed E-state index contributed by atoms with van der Waals surface area (Å²) in [6.07, 6.45) is 0. The maximum Gasteiger partial charge on any atom is 0.163 e. The van der Waals surface area contributed by atoms with Gasteiger partial charge in [0.15, 0.2) is 11.6 Å². The van der Waals surface area contributed by atoms with Gasteiger partial charge >= 0.3 is 0 Å². The van der Waals surface area contributed by atoms with Crippen LogP contribution in [0.15, 0.2) is 30.3 Å². The predicted octanol–water partition coefficient (Wildman–Crippen LogP) is 5.02. The molecule has 1 N–H and O–H groups in total. The van der Waals surface area contributed by atoms with Crippen molar-refractivity contribution in [2.24, 2.45) is 0 Å². The van der Waals surface area contributed by atoms with Crippen LogP contribution in [0.4, 0.5) is 18.9 Å². The molecule has 0 atom stereocenters. The first-order valence-electron chi connectivity index (χ1n) is 5.30. The first kappa shape index (κ1) is 14.0. The normalized spacial score (nSPS) is 10.6. The third-order valence-corrected chi connectivity index (χ3v) is 3.09. The van der Waals surface area contributed by atoms with Gasteiger partial charge in [-0.1, -0.05) is 35.3 Å². The second-order valence-corrected chi connectivity index (χ2v) is 4.63. The molecular formula is C13H8Cl2F3N. The quantitative estimate of drug-likeness (QED) is 0.839. The Balaban J connectivity index is 2.22. The average Bonchev–Trinajstić information content (AvgIpc) is 2.33. The van der Waals surface area contributed by atoms with Crippen molar-refractivity contribution in [1.82, 2.24) is 0 Å². The van der Waals surface area contributed by atoms with Crippen molar-refractivity contribution in [3.63, 3.8) is 0 Å². The summed E-state index contributed by atoms with van der Waals surface area (Å²) in [5.41, 5.74) is 0.393. The van der Waals surface area contributed by atoms with E-state index in [1.165, 1.54) is 12.1 Å². The number of anilines is 1. The topological polar surface area (TPSA) is 12.0 Å². The molecule has 0 heterocycles. The smallest absolute Gasteiger partial charge is 0.163 e. The van der Waals surface area contributed by atoms with Crippen molar-refractivity contribution in [2.75, 3.05) is 5.32 Å². The summed E-state index contributed by atoms with van der Waals surface area (Å²) in [6, 6.07) is 6.01. The van der Waals surface area contributed by atoms with Crippen LogP contribution < -0.4 is 5.32 Å². The molecule has 2 rings (SSSR count). The minimum absolute atomic E-state index is 0.0192. The van der Waals surface area contributed by atoms with E-state index in [0.29, 0.717) is 0 Å². The van der Waals surface area contributed by atoms with Crippen LogP contribution in [0.25, 0.3) is 0 Å². The van der Waals surface area contributed by atoms with Crippen LogP contribution in [0.2, 0.25) is 10.0 Å². The van der Waals surface area contributed by atoms with Gasteiger partial charge in [-0.15, -0.1) is 0 Å². The van der Waals surface area contributed by atoms with Crippen molar-refractivity contribution < 1.29 is 13.2 Å². The highest BCUT2D eigenvalue weighted by Crippen LogP contribution is 2.31. The molecule has 0 saturated heterocycles. The summed E-state index contributed by atoms with van der Waals surface area (Å²) in [6.45, 7) is -0.0192. The Morgan fingerprint density at radius 1 is 1.00 bits per heavy atom. The van der Waals surface area contributed by atoms with E-state index in [4.69, 9.17) is 23.2 Å². The molecule has 0 radical (unpaired) electrons. The lowest BCUT2D eigenvalue weighted by Crippen LogP contribution is -2.04. The zero-order chi connectivity index (χ0) is 14.0. The van der Waals surface area contributed by atoms with E-state index in [-0.39, 0.29) is 27.8 Å². The van der Waals surface area contributed by atoms with Gasteiger partial charge in [0.1, 0.15) is 5.82 Å². The fourth-order valence-electron chi connectivity index (χ4n) is 1.58. The Bertz CT molecular complexity index is 594. The van der Waals surface area contributed by atoms with E-state index in [1.807, 2.05) is 0 Å². The first-order valence-corrected chi connectivity index (χ1v) is 6.06. The number of halogens is 5. The van der Waals surface area contributed by atoms with Gasteiger partial charge < -0.3 is 5.32 Å². The van der Waals surface area contributed by atoms with Gasteiger partial charge in [0.25, 0.3) is 0 Å². The molecule has 0 aromatic heterocycles. The van der Waals surface area contributed by atoms with Crippen molar-refractivity contribution in [2.45, 2.75) is 6.54 Å². The summed E-state index contributed by atoms with van der Waals surface area (Å²) < 4.78 is 39.4. The number of nitrogens with one attached hydrogen (secondary N) is 1. The monoisotopic (exact) mass is 305 g/mol. The zero-order valence-corrected chi connectivity index (χ0v) is 11.0. The highest BCUT2D eigenvalue weighted by molar-refractivity contribution is 6.39. The van der Waals surface area contributed by atoms with E-state index >= 15 is 0 Å². The minimum Gasteiger partial charge on any atom is -0.378 e. The molecule has 0 fully saturated rings. The fourth-order valence-corrected chi connectivity index (χ4v) is 2.17. The molecule has 19 heavy (non-hydrogen) atoms. The SMILES string of the molecule is Fc1cc(Cl)c(NCc2cccc(F)c2F)c(Cl)c1. The van der Waals surface area contributed by atoms with E-state index < -0.39 is 17.5 Å². The Labute approximate surface area is 118 Å². The standard InChI is InChI=1S/C13H8Cl2F3N/c14-9-4-8(16)5-10(15)13(9)19-6-7-2-1-3-11(17)12(7)18/h1-5,19H,6H2. The van der Waals surface area contributed by atoms with Gasteiger partial charge in [-0.2, -0.15) is 0 Å². The van der Waals surface area contributed by atoms with Crippen molar-refractivity contribution >= 4 is 28.9 Å². The Morgan fingerprint density at radius 3 is 2.26 bits per heavy atom. The highest BCUT2D eigenvalue weighted by Gasteiger charge is 2.11. The average molecular weight is 306 g/mol. The molecule has 2 aromatic carbocycles. The van der Waals surface area contributed by atoms with Crippen LogP contribution in [0.3, 0.4) is 0 Å². The molecule has 1 nitrogen and oxygen atoms in total. The maximum atomic E-state index is 13.4. The molecule has 0 aliphatic carbocycles. The molecule has 0 aliphatic heterocycles. The second-order valence-electron chi connectivity index (χ2n) is 3.81. The largest absolute Gasteiger partial charge is 0.378 e. The fraction of sp³-hybridized carbons (Fsp3) is 0.0769. The third-order valence-electron chi connectivity index (χ3n) is 2.49. The summed E-state index contributed by atoms with van der Waals surface area (Å²) >= 11 is 11.6. The van der Waals surface area contributed by atoms with Crippen LogP contribution in [0.1, 0.15) is 5.56 Å². The van der Waals surface area contributed by atoms with Crippen molar-refractivity contribution in [3.8, 4) is 0 Å². The lowest BCUT2D eigenvalue weighted by Gasteiger charge is -2.11. The van der Waals surface area contributed by atoms with Crippen molar-refractivity contribution in [3.05, 3.63) is 63.4 Å². The van der Waals surface area contributed by atoms with E-state index in [0.717, 1.165) is 18.2 Å². The number of rotatable bonds is 3. The Hall–Kier alpha value is -1.39. The van der Waals surface area contributed by atoms with Crippen LogP contribution >= 0.6 is 23.2 Å². The van der Waals surface area contributed by atoms with Gasteiger partial charge in [-0.3, -0.25) is 0 Å². The summed E-state index contributed by atoms with van der Waals surface area (Å²) in [5, 5.41) is 2.90. The summed E-state index contributed by atoms with van der Waals surface area (Å²) in [4.78, 5) is 0. The van der Waals surface area contributed by atoms with Gasteiger partial charge in [-0.05, 0) is 18.2 Å². The van der Waals surface area contributed by atoms with Gasteiger partial charge in [0.2, 0.25) is 0 Å². The molecule has 0 aliphatic rings. The minimum atomic E-state index is -0.940. The number of hydrogen-bond acceptors (Lipinski definition) is 1. The molecule has 0 unspecified atom stereocenters. The Morgan fingerprint density at radius 2 is 1.63 bits per heavy atom. The molecule has 2 aromatic rings. The van der Waals surface area contributed by atoms with Gasteiger partial charge in [0.05, 0.1) is 15.7 Å². The molecule has 0 bridgehead atoms. The van der Waals surface area contributed by atoms with E-state index in [2.05, 4.69) is 5.32 Å². The molecule has 0 spiro atoms. The molecule has 0 amide bonds. The molecular weight excluding hydrogens is 298 g/mol. The highest BCUT2D eigenvalue weighted by atomic mass is 35.5. The summed E-state index contributed by atoms with van der Waals surface area (Å²) in [7, 11) is 0. The van der Waals surface area contributed by atoms with Crippen LogP contribution in [-0.4, -0.2) is 0 Å². The van der Waals surface area contributed by atoms with Crippen LogP contribution in [0.5, 0.6) is 0 Å². The second kappa shape index (κ2) is 5.72. The van der Waals surface area contributed by atoms with Gasteiger partial charge in [-0.25, -0.2) is 13.2 Å². The lowest BCUT2D eigenvalue weighted by atomic mass is 10.2. The lowest BCUT2D eigenvalue weighted by molar-refractivity contribution is 0.500. The third kappa shape index (κ3) is 3.14.